The van der Waals surface area contributed by atoms with E-state index in [0.717, 1.165) is 50.8 Å². The highest BCUT2D eigenvalue weighted by Crippen LogP contribution is 2.34. The average Bonchev–Trinajstić information content (AvgIpc) is 2.47. The predicted molar refractivity (Wildman–Crippen MR) is 76.1 cm³/mol. The van der Waals surface area contributed by atoms with Crippen molar-refractivity contribution >= 4 is 5.84 Å². The van der Waals surface area contributed by atoms with E-state index in [0.29, 0.717) is 0 Å². The highest BCUT2D eigenvalue weighted by molar-refractivity contribution is 5.87. The fraction of sp³-hybridized carbons (Fsp3) is 0.533. The Morgan fingerprint density at radius 2 is 1.95 bits per heavy atom. The number of para-hydroxylation sites is 1. The van der Waals surface area contributed by atoms with Gasteiger partial charge in [-0.05, 0) is 19.5 Å². The Balaban J connectivity index is 1.78. The number of fused-ring (bicyclic) bond motifs is 1. The van der Waals surface area contributed by atoms with Gasteiger partial charge < -0.3 is 14.5 Å². The molecule has 0 spiro atoms. The molecular weight excluding hydrogens is 238 g/mol. The summed E-state index contributed by atoms with van der Waals surface area (Å²) >= 11 is 0. The lowest BCUT2D eigenvalue weighted by Crippen LogP contribution is -2.48. The van der Waals surface area contributed by atoms with Crippen LogP contribution in [0.2, 0.25) is 0 Å². The summed E-state index contributed by atoms with van der Waals surface area (Å²) in [7, 11) is 2.14. The molecule has 1 aromatic carbocycles. The second-order valence-electron chi connectivity index (χ2n) is 5.40. The first-order chi connectivity index (χ1) is 9.25. The third-order valence-electron chi connectivity index (χ3n) is 4.13. The van der Waals surface area contributed by atoms with Crippen molar-refractivity contribution in [3.8, 4) is 5.75 Å². The molecule has 0 aliphatic carbocycles. The second kappa shape index (κ2) is 5.21. The quantitative estimate of drug-likeness (QED) is 0.617. The summed E-state index contributed by atoms with van der Waals surface area (Å²) in [6.45, 7) is 4.75. The number of piperazine rings is 1. The molecule has 0 amide bonds. The Labute approximate surface area is 114 Å². The molecule has 2 aliphatic rings. The summed E-state index contributed by atoms with van der Waals surface area (Å²) in [5, 5.41) is 8.53. The van der Waals surface area contributed by atoms with Crippen molar-refractivity contribution < 1.29 is 4.74 Å². The van der Waals surface area contributed by atoms with Crippen molar-refractivity contribution in [2.24, 2.45) is 0 Å². The molecule has 4 nitrogen and oxygen atoms in total. The maximum absolute atomic E-state index is 8.53. The minimum atomic E-state index is 0.202. The molecule has 2 aliphatic heterocycles. The van der Waals surface area contributed by atoms with Gasteiger partial charge in [0.25, 0.3) is 0 Å². The standard InChI is InChI=1S/C15H21N3O/c1-17-7-9-18(10-8-17)15(16)13-6-11-19-14-5-3-2-4-12(13)14/h2-5,13,16H,6-11H2,1H3. The van der Waals surface area contributed by atoms with E-state index in [1.54, 1.807) is 0 Å². The molecular formula is C15H21N3O. The molecule has 0 aromatic heterocycles. The van der Waals surface area contributed by atoms with E-state index in [9.17, 15) is 0 Å². The van der Waals surface area contributed by atoms with Crippen LogP contribution in [0.3, 0.4) is 0 Å². The van der Waals surface area contributed by atoms with Crippen molar-refractivity contribution in [1.29, 1.82) is 5.41 Å². The van der Waals surface area contributed by atoms with Gasteiger partial charge in [0.1, 0.15) is 11.6 Å². The second-order valence-corrected chi connectivity index (χ2v) is 5.40. The maximum atomic E-state index is 8.53. The summed E-state index contributed by atoms with van der Waals surface area (Å²) in [5.74, 6) is 1.93. The van der Waals surface area contributed by atoms with Crippen LogP contribution in [-0.4, -0.2) is 55.5 Å². The van der Waals surface area contributed by atoms with Gasteiger partial charge in [0.05, 0.1) is 6.61 Å². The van der Waals surface area contributed by atoms with Crippen LogP contribution in [-0.2, 0) is 0 Å². The fourth-order valence-corrected chi connectivity index (χ4v) is 2.89. The Morgan fingerprint density at radius 1 is 1.21 bits per heavy atom. The van der Waals surface area contributed by atoms with Gasteiger partial charge in [0.2, 0.25) is 0 Å². The molecule has 0 saturated carbocycles. The first-order valence-corrected chi connectivity index (χ1v) is 6.99. The van der Waals surface area contributed by atoms with Crippen LogP contribution < -0.4 is 4.74 Å². The summed E-state index contributed by atoms with van der Waals surface area (Å²) < 4.78 is 5.68. The maximum Gasteiger partial charge on any atom is 0.123 e. The molecule has 19 heavy (non-hydrogen) atoms. The molecule has 0 radical (unpaired) electrons. The molecule has 1 fully saturated rings. The van der Waals surface area contributed by atoms with E-state index in [-0.39, 0.29) is 5.92 Å². The number of benzene rings is 1. The average molecular weight is 259 g/mol. The van der Waals surface area contributed by atoms with E-state index < -0.39 is 0 Å². The lowest BCUT2D eigenvalue weighted by atomic mass is 9.91. The van der Waals surface area contributed by atoms with Gasteiger partial charge in [-0.1, -0.05) is 18.2 Å². The SMILES string of the molecule is CN1CCN(C(=N)C2CCOc3ccccc32)CC1. The predicted octanol–water partition coefficient (Wildman–Crippen LogP) is 1.78. The number of likely N-dealkylation sites (N-methyl/N-ethyl adjacent to an activating group) is 1. The van der Waals surface area contributed by atoms with Crippen LogP contribution in [0.15, 0.2) is 24.3 Å². The minimum absolute atomic E-state index is 0.202. The van der Waals surface area contributed by atoms with E-state index in [2.05, 4.69) is 22.9 Å². The van der Waals surface area contributed by atoms with Crippen molar-refractivity contribution in [3.05, 3.63) is 29.8 Å². The Morgan fingerprint density at radius 3 is 2.74 bits per heavy atom. The normalized spacial score (nSPS) is 23.6. The van der Waals surface area contributed by atoms with Gasteiger partial charge >= 0.3 is 0 Å². The summed E-state index contributed by atoms with van der Waals surface area (Å²) in [6, 6.07) is 8.15. The Kier molecular flexibility index (Phi) is 3.42. The molecule has 0 bridgehead atoms. The van der Waals surface area contributed by atoms with Crippen LogP contribution in [0.5, 0.6) is 5.75 Å². The lowest BCUT2D eigenvalue weighted by Gasteiger charge is -2.38. The smallest absolute Gasteiger partial charge is 0.123 e. The first-order valence-electron chi connectivity index (χ1n) is 6.99. The van der Waals surface area contributed by atoms with Crippen molar-refractivity contribution in [2.75, 3.05) is 39.8 Å². The lowest BCUT2D eigenvalue weighted by molar-refractivity contribution is 0.206. The van der Waals surface area contributed by atoms with Gasteiger partial charge in [-0.2, -0.15) is 0 Å². The molecule has 1 atom stereocenters. The number of amidine groups is 1. The molecule has 4 heteroatoms. The van der Waals surface area contributed by atoms with Crippen molar-refractivity contribution in [2.45, 2.75) is 12.3 Å². The summed E-state index contributed by atoms with van der Waals surface area (Å²) in [6.07, 6.45) is 0.919. The zero-order valence-electron chi connectivity index (χ0n) is 11.4. The van der Waals surface area contributed by atoms with Crippen molar-refractivity contribution in [3.63, 3.8) is 0 Å². The number of ether oxygens (including phenoxy) is 1. The molecule has 1 aromatic rings. The number of nitrogens with one attached hydrogen (secondary N) is 1. The minimum Gasteiger partial charge on any atom is -0.493 e. The summed E-state index contributed by atoms with van der Waals surface area (Å²) in [4.78, 5) is 4.55. The molecule has 3 rings (SSSR count). The molecule has 1 saturated heterocycles. The highest BCUT2D eigenvalue weighted by Gasteiger charge is 2.29. The van der Waals surface area contributed by atoms with E-state index >= 15 is 0 Å². The Bertz CT molecular complexity index is 466. The number of rotatable bonds is 1. The topological polar surface area (TPSA) is 39.6 Å². The third-order valence-corrected chi connectivity index (χ3v) is 4.13. The first kappa shape index (κ1) is 12.5. The third kappa shape index (κ3) is 2.45. The van der Waals surface area contributed by atoms with Gasteiger partial charge in [-0.15, -0.1) is 0 Å². The van der Waals surface area contributed by atoms with Crippen LogP contribution in [0, 0.1) is 5.41 Å². The van der Waals surface area contributed by atoms with Crippen LogP contribution in [0.25, 0.3) is 0 Å². The van der Waals surface area contributed by atoms with Crippen LogP contribution >= 0.6 is 0 Å². The fourth-order valence-electron chi connectivity index (χ4n) is 2.89. The summed E-state index contributed by atoms with van der Waals surface area (Å²) in [5.41, 5.74) is 1.18. The van der Waals surface area contributed by atoms with Crippen LogP contribution in [0.1, 0.15) is 17.9 Å². The van der Waals surface area contributed by atoms with Gasteiger partial charge in [-0.25, -0.2) is 0 Å². The van der Waals surface area contributed by atoms with Crippen molar-refractivity contribution in [1.82, 2.24) is 9.80 Å². The molecule has 1 unspecified atom stereocenters. The van der Waals surface area contributed by atoms with Gasteiger partial charge in [-0.3, -0.25) is 5.41 Å². The van der Waals surface area contributed by atoms with E-state index in [1.807, 2.05) is 18.2 Å². The highest BCUT2D eigenvalue weighted by atomic mass is 16.5. The number of hydrogen-bond donors (Lipinski definition) is 1. The monoisotopic (exact) mass is 259 g/mol. The molecule has 102 valence electrons. The number of hydrogen-bond acceptors (Lipinski definition) is 3. The Hall–Kier alpha value is -1.55. The van der Waals surface area contributed by atoms with E-state index in [4.69, 9.17) is 10.1 Å². The number of nitrogens with zero attached hydrogens (tertiary/aromatic N) is 2. The van der Waals surface area contributed by atoms with Crippen LogP contribution in [0.4, 0.5) is 0 Å². The largest absolute Gasteiger partial charge is 0.493 e. The van der Waals surface area contributed by atoms with Gasteiger partial charge in [0.15, 0.2) is 0 Å². The van der Waals surface area contributed by atoms with Gasteiger partial charge in [0, 0.05) is 37.7 Å². The zero-order chi connectivity index (χ0) is 13.2. The molecule has 1 N–H and O–H groups in total. The van der Waals surface area contributed by atoms with E-state index in [1.165, 1.54) is 5.56 Å². The molecule has 2 heterocycles. The zero-order valence-corrected chi connectivity index (χ0v) is 11.4.